The van der Waals surface area contributed by atoms with Crippen molar-refractivity contribution in [3.8, 4) is 0 Å². The maximum absolute atomic E-state index is 13.3. The highest BCUT2D eigenvalue weighted by molar-refractivity contribution is 7.10. The van der Waals surface area contributed by atoms with E-state index in [1.54, 1.807) is 23.5 Å². The molecular weight excluding hydrogens is 387 g/mol. The number of carbonyl (C=O) groups excluding carboxylic acids is 1. The summed E-state index contributed by atoms with van der Waals surface area (Å²) < 4.78 is 13.3. The molecule has 0 saturated carbocycles. The van der Waals surface area contributed by atoms with Crippen LogP contribution < -0.4 is 5.32 Å². The lowest BCUT2D eigenvalue weighted by atomic mass is 9.81. The Kier molecular flexibility index (Phi) is 6.46. The highest BCUT2D eigenvalue weighted by Crippen LogP contribution is 2.39. The summed E-state index contributed by atoms with van der Waals surface area (Å²) >= 11 is 1.63. The third kappa shape index (κ3) is 5.65. The molecule has 6 heteroatoms. The van der Waals surface area contributed by atoms with Gasteiger partial charge in [-0.2, -0.15) is 0 Å². The van der Waals surface area contributed by atoms with Gasteiger partial charge in [0.05, 0.1) is 17.7 Å². The van der Waals surface area contributed by atoms with Crippen molar-refractivity contribution in [3.63, 3.8) is 0 Å². The van der Waals surface area contributed by atoms with E-state index in [0.717, 1.165) is 10.4 Å². The van der Waals surface area contributed by atoms with Crippen LogP contribution in [-0.4, -0.2) is 34.1 Å². The van der Waals surface area contributed by atoms with E-state index in [1.165, 1.54) is 12.1 Å². The number of nitrogens with zero attached hydrogens (tertiary/aromatic N) is 1. The molecule has 1 saturated heterocycles. The average Bonchev–Trinajstić information content (AvgIpc) is 3.12. The van der Waals surface area contributed by atoms with Crippen LogP contribution in [0.4, 0.5) is 4.39 Å². The van der Waals surface area contributed by atoms with Crippen LogP contribution in [0.3, 0.4) is 0 Å². The number of thiophene rings is 1. The van der Waals surface area contributed by atoms with Gasteiger partial charge in [-0.1, -0.05) is 39.0 Å². The Bertz CT molecular complexity index is 812. The van der Waals surface area contributed by atoms with Gasteiger partial charge in [-0.05, 0) is 47.9 Å². The molecule has 1 amide bonds. The molecule has 29 heavy (non-hydrogen) atoms. The molecule has 3 rings (SSSR count). The van der Waals surface area contributed by atoms with Crippen molar-refractivity contribution in [1.82, 2.24) is 10.2 Å². The minimum Gasteiger partial charge on any atom is -0.388 e. The maximum atomic E-state index is 13.3. The topological polar surface area (TPSA) is 52.6 Å². The number of hydrogen-bond acceptors (Lipinski definition) is 4. The standard InChI is InChI=1S/C23H31FN2O2S/c1-22(2,3)14-19(27)25-21-20(18-6-5-13-29-18)26(12-11-23(21,4)28)15-16-7-9-17(24)10-8-16/h5-10,13,20-21,28H,11-12,14-15H2,1-4H3,(H,25,27)/t20-,21-,23+/m0/s1. The number of amides is 1. The zero-order valence-electron chi connectivity index (χ0n) is 17.6. The molecule has 4 nitrogen and oxygen atoms in total. The zero-order valence-corrected chi connectivity index (χ0v) is 18.4. The van der Waals surface area contributed by atoms with Crippen molar-refractivity contribution >= 4 is 17.2 Å². The molecule has 0 spiro atoms. The third-order valence-corrected chi connectivity index (χ3v) is 6.37. The van der Waals surface area contributed by atoms with Crippen LogP contribution in [0, 0.1) is 11.2 Å². The third-order valence-electron chi connectivity index (χ3n) is 5.43. The van der Waals surface area contributed by atoms with Crippen molar-refractivity contribution in [1.29, 1.82) is 0 Å². The van der Waals surface area contributed by atoms with Gasteiger partial charge in [-0.25, -0.2) is 4.39 Å². The minimum absolute atomic E-state index is 0.0482. The summed E-state index contributed by atoms with van der Waals surface area (Å²) in [7, 11) is 0. The number of aliphatic hydroxyl groups is 1. The molecule has 1 aromatic heterocycles. The van der Waals surface area contributed by atoms with Gasteiger partial charge in [-0.15, -0.1) is 11.3 Å². The first-order valence-corrected chi connectivity index (χ1v) is 11.0. The van der Waals surface area contributed by atoms with E-state index >= 15 is 0 Å². The normalized spacial score (nSPS) is 25.7. The zero-order chi connectivity index (χ0) is 21.2. The summed E-state index contributed by atoms with van der Waals surface area (Å²) in [5.74, 6) is -0.301. The van der Waals surface area contributed by atoms with E-state index in [-0.39, 0.29) is 23.2 Å². The molecule has 2 aromatic rings. The van der Waals surface area contributed by atoms with E-state index in [9.17, 15) is 14.3 Å². The van der Waals surface area contributed by atoms with Crippen molar-refractivity contribution in [2.75, 3.05) is 6.54 Å². The number of piperidine rings is 1. The molecule has 1 fully saturated rings. The molecule has 2 N–H and O–H groups in total. The quantitative estimate of drug-likeness (QED) is 0.751. The SMILES string of the molecule is CC(C)(C)CC(=O)N[C@H]1[C@H](c2cccs2)N(Cc2ccc(F)cc2)CC[C@@]1(C)O. The highest BCUT2D eigenvalue weighted by Gasteiger charge is 2.46. The molecular formula is C23H31FN2O2S. The van der Waals surface area contributed by atoms with Gasteiger partial charge in [0.25, 0.3) is 0 Å². The molecule has 158 valence electrons. The summed E-state index contributed by atoms with van der Waals surface area (Å²) in [4.78, 5) is 16.1. The lowest BCUT2D eigenvalue weighted by Gasteiger charge is -2.49. The fraction of sp³-hybridized carbons (Fsp3) is 0.522. The fourth-order valence-electron chi connectivity index (χ4n) is 3.96. The largest absolute Gasteiger partial charge is 0.388 e. The number of carbonyl (C=O) groups is 1. The first kappa shape index (κ1) is 21.9. The smallest absolute Gasteiger partial charge is 0.220 e. The van der Waals surface area contributed by atoms with Gasteiger partial charge in [0.2, 0.25) is 5.91 Å². The van der Waals surface area contributed by atoms with Crippen LogP contribution in [0.25, 0.3) is 0 Å². The van der Waals surface area contributed by atoms with E-state index in [2.05, 4.69) is 16.3 Å². The van der Waals surface area contributed by atoms with E-state index in [4.69, 9.17) is 0 Å². The Labute approximate surface area is 176 Å². The number of likely N-dealkylation sites (tertiary alicyclic amines) is 1. The maximum Gasteiger partial charge on any atom is 0.220 e. The predicted molar refractivity (Wildman–Crippen MR) is 115 cm³/mol. The average molecular weight is 419 g/mol. The predicted octanol–water partition coefficient (Wildman–Crippen LogP) is 4.51. The lowest BCUT2D eigenvalue weighted by Crippen LogP contribution is -2.62. The van der Waals surface area contributed by atoms with Crippen LogP contribution in [0.15, 0.2) is 41.8 Å². The van der Waals surface area contributed by atoms with Gasteiger partial charge >= 0.3 is 0 Å². The van der Waals surface area contributed by atoms with Gasteiger partial charge in [0.1, 0.15) is 5.82 Å². The van der Waals surface area contributed by atoms with Crippen LogP contribution in [-0.2, 0) is 11.3 Å². The van der Waals surface area contributed by atoms with Gasteiger partial charge in [0.15, 0.2) is 0 Å². The molecule has 1 aromatic carbocycles. The van der Waals surface area contributed by atoms with Crippen molar-refractivity contribution in [3.05, 3.63) is 58.0 Å². The minimum atomic E-state index is -1.01. The van der Waals surface area contributed by atoms with Gasteiger partial charge in [-0.3, -0.25) is 9.69 Å². The number of halogens is 1. The Balaban J connectivity index is 1.89. The summed E-state index contributed by atoms with van der Waals surface area (Å²) in [5, 5.41) is 16.3. The number of benzene rings is 1. The van der Waals surface area contributed by atoms with Crippen molar-refractivity contribution in [2.24, 2.45) is 5.41 Å². The first-order valence-electron chi connectivity index (χ1n) is 10.1. The molecule has 0 bridgehead atoms. The first-order chi connectivity index (χ1) is 13.5. The molecule has 3 atom stereocenters. The summed E-state index contributed by atoms with van der Waals surface area (Å²) in [5.41, 5.74) is -0.132. The summed E-state index contributed by atoms with van der Waals surface area (Å²) in [6, 6.07) is 10.0. The highest BCUT2D eigenvalue weighted by atomic mass is 32.1. The van der Waals surface area contributed by atoms with Crippen LogP contribution in [0.5, 0.6) is 0 Å². The van der Waals surface area contributed by atoms with Gasteiger partial charge in [0, 0.05) is 24.4 Å². The number of nitrogens with one attached hydrogen (secondary N) is 1. The number of rotatable bonds is 5. The summed E-state index contributed by atoms with van der Waals surface area (Å²) in [6.07, 6.45) is 0.950. The van der Waals surface area contributed by atoms with Crippen molar-refractivity contribution < 1.29 is 14.3 Å². The van der Waals surface area contributed by atoms with Crippen molar-refractivity contribution in [2.45, 2.75) is 64.8 Å². The molecule has 0 aliphatic carbocycles. The number of hydrogen-bond donors (Lipinski definition) is 2. The summed E-state index contributed by atoms with van der Waals surface area (Å²) in [6.45, 7) is 9.23. The molecule has 1 aliphatic heterocycles. The monoisotopic (exact) mass is 418 g/mol. The second-order valence-electron chi connectivity index (χ2n) is 9.45. The molecule has 0 unspecified atom stereocenters. The van der Waals surface area contributed by atoms with Crippen LogP contribution in [0.2, 0.25) is 0 Å². The molecule has 1 aliphatic rings. The van der Waals surface area contributed by atoms with Crippen LogP contribution >= 0.6 is 11.3 Å². The van der Waals surface area contributed by atoms with Gasteiger partial charge < -0.3 is 10.4 Å². The second kappa shape index (κ2) is 8.54. The fourth-order valence-corrected chi connectivity index (χ4v) is 4.86. The van der Waals surface area contributed by atoms with Crippen LogP contribution in [0.1, 0.15) is 57.0 Å². The second-order valence-corrected chi connectivity index (χ2v) is 10.4. The van der Waals surface area contributed by atoms with E-state index in [0.29, 0.717) is 25.9 Å². The molecule has 2 heterocycles. The van der Waals surface area contributed by atoms with E-state index in [1.807, 2.05) is 39.1 Å². The Hall–Kier alpha value is -1.76. The Morgan fingerprint density at radius 3 is 2.59 bits per heavy atom. The Morgan fingerprint density at radius 2 is 2.00 bits per heavy atom. The lowest BCUT2D eigenvalue weighted by molar-refractivity contribution is -0.130. The Morgan fingerprint density at radius 1 is 1.31 bits per heavy atom. The molecule has 0 radical (unpaired) electrons. The van der Waals surface area contributed by atoms with E-state index < -0.39 is 11.6 Å².